The van der Waals surface area contributed by atoms with E-state index in [1.807, 2.05) is 51.1 Å². The first kappa shape index (κ1) is 16.3. The highest BCUT2D eigenvalue weighted by Gasteiger charge is 2.33. The summed E-state index contributed by atoms with van der Waals surface area (Å²) < 4.78 is 0. The highest BCUT2D eigenvalue weighted by atomic mass is 32.1. The van der Waals surface area contributed by atoms with Gasteiger partial charge in [0, 0.05) is 5.41 Å². The zero-order valence-corrected chi connectivity index (χ0v) is 14.5. The molecule has 1 aromatic heterocycles. The standard InChI is InChI=1S/C17H18N4O2S/c1-17(2,3)16-18-9-11(24-16)14(22)19-13-12(15(23)21-20-13)10-7-5-4-6-8-10/h4-9,12H,1-3H3,(H,21,23)(H,19,20,22)/t12-/m1/s1. The molecule has 0 fully saturated rings. The second kappa shape index (κ2) is 6.16. The molecule has 2 heterocycles. The Hall–Kier alpha value is -2.54. The summed E-state index contributed by atoms with van der Waals surface area (Å²) in [5.41, 5.74) is 3.10. The minimum atomic E-state index is -0.606. The fourth-order valence-corrected chi connectivity index (χ4v) is 3.20. The van der Waals surface area contributed by atoms with E-state index >= 15 is 0 Å². The van der Waals surface area contributed by atoms with Crippen molar-refractivity contribution >= 4 is 29.0 Å². The highest BCUT2D eigenvalue weighted by Crippen LogP contribution is 2.27. The maximum absolute atomic E-state index is 12.5. The summed E-state index contributed by atoms with van der Waals surface area (Å²) in [5.74, 6) is -0.859. The predicted molar refractivity (Wildman–Crippen MR) is 93.0 cm³/mol. The van der Waals surface area contributed by atoms with Crippen LogP contribution in [0.25, 0.3) is 0 Å². The zero-order chi connectivity index (χ0) is 17.3. The van der Waals surface area contributed by atoms with Crippen molar-refractivity contribution in [2.75, 3.05) is 0 Å². The summed E-state index contributed by atoms with van der Waals surface area (Å²) in [7, 11) is 0. The molecule has 1 atom stereocenters. The van der Waals surface area contributed by atoms with Crippen molar-refractivity contribution in [3.05, 3.63) is 52.0 Å². The van der Waals surface area contributed by atoms with E-state index in [0.29, 0.717) is 10.7 Å². The van der Waals surface area contributed by atoms with Crippen LogP contribution in [0.15, 0.2) is 41.6 Å². The molecule has 0 bridgehead atoms. The normalized spacial score (nSPS) is 17.4. The molecular weight excluding hydrogens is 324 g/mol. The van der Waals surface area contributed by atoms with Crippen molar-refractivity contribution in [3.8, 4) is 0 Å². The Balaban J connectivity index is 1.79. The van der Waals surface area contributed by atoms with E-state index in [-0.39, 0.29) is 17.2 Å². The average Bonchev–Trinajstić information content (AvgIpc) is 3.15. The van der Waals surface area contributed by atoms with Crippen molar-refractivity contribution in [2.24, 2.45) is 5.10 Å². The van der Waals surface area contributed by atoms with Crippen LogP contribution in [0.3, 0.4) is 0 Å². The Bertz CT molecular complexity index is 805. The van der Waals surface area contributed by atoms with E-state index < -0.39 is 5.92 Å². The molecule has 0 unspecified atom stereocenters. The van der Waals surface area contributed by atoms with Gasteiger partial charge in [-0.1, -0.05) is 51.1 Å². The molecule has 0 saturated carbocycles. The molecule has 2 N–H and O–H groups in total. The zero-order valence-electron chi connectivity index (χ0n) is 13.7. The maximum Gasteiger partial charge on any atom is 0.268 e. The molecule has 7 heteroatoms. The number of amidine groups is 1. The largest absolute Gasteiger partial charge is 0.307 e. The van der Waals surface area contributed by atoms with Gasteiger partial charge in [-0.25, -0.2) is 10.4 Å². The first-order valence-electron chi connectivity index (χ1n) is 7.56. The lowest BCUT2D eigenvalue weighted by atomic mass is 9.98. The molecule has 3 rings (SSSR count). The van der Waals surface area contributed by atoms with Crippen LogP contribution >= 0.6 is 11.3 Å². The third-order valence-electron chi connectivity index (χ3n) is 3.57. The van der Waals surface area contributed by atoms with E-state index in [2.05, 4.69) is 20.8 Å². The number of nitrogens with zero attached hydrogens (tertiary/aromatic N) is 2. The molecule has 124 valence electrons. The van der Waals surface area contributed by atoms with E-state index in [1.165, 1.54) is 11.3 Å². The number of carbonyl (C=O) groups is 2. The number of amides is 2. The van der Waals surface area contributed by atoms with Gasteiger partial charge in [-0.15, -0.1) is 11.3 Å². The molecular formula is C17H18N4O2S. The number of nitrogens with one attached hydrogen (secondary N) is 2. The third-order valence-corrected chi connectivity index (χ3v) is 4.99. The second-order valence-corrected chi connectivity index (χ2v) is 7.58. The van der Waals surface area contributed by atoms with Gasteiger partial charge in [-0.3, -0.25) is 9.59 Å². The maximum atomic E-state index is 12.5. The smallest absolute Gasteiger partial charge is 0.268 e. The molecule has 2 aromatic rings. The van der Waals surface area contributed by atoms with Crippen LogP contribution in [-0.2, 0) is 10.2 Å². The second-order valence-electron chi connectivity index (χ2n) is 6.55. The Morgan fingerprint density at radius 3 is 2.58 bits per heavy atom. The minimum Gasteiger partial charge on any atom is -0.307 e. The fraction of sp³-hybridized carbons (Fsp3) is 0.294. The van der Waals surface area contributed by atoms with Crippen LogP contribution in [0, 0.1) is 0 Å². The van der Waals surface area contributed by atoms with E-state index in [0.717, 1.165) is 10.6 Å². The topological polar surface area (TPSA) is 83.4 Å². The van der Waals surface area contributed by atoms with Crippen LogP contribution in [0.1, 0.15) is 46.9 Å². The van der Waals surface area contributed by atoms with Gasteiger partial charge in [0.25, 0.3) is 11.8 Å². The van der Waals surface area contributed by atoms with Crippen molar-refractivity contribution < 1.29 is 9.59 Å². The number of thiazole rings is 1. The van der Waals surface area contributed by atoms with Gasteiger partial charge in [0.2, 0.25) is 0 Å². The monoisotopic (exact) mass is 342 g/mol. The molecule has 6 nitrogen and oxygen atoms in total. The SMILES string of the molecule is CC(C)(C)c1ncc(C(=O)NC2=NNC(=O)[C@@H]2c2ccccc2)s1. The number of carbonyl (C=O) groups excluding carboxylic acids is 2. The van der Waals surface area contributed by atoms with Crippen LogP contribution in [0.2, 0.25) is 0 Å². The van der Waals surface area contributed by atoms with Crippen LogP contribution in [0.5, 0.6) is 0 Å². The molecule has 0 saturated heterocycles. The quantitative estimate of drug-likeness (QED) is 0.879. The van der Waals surface area contributed by atoms with E-state index in [9.17, 15) is 9.59 Å². The summed E-state index contributed by atoms with van der Waals surface area (Å²) >= 11 is 1.35. The number of aromatic nitrogens is 1. The molecule has 0 aliphatic carbocycles. The van der Waals surface area contributed by atoms with Gasteiger partial charge in [0.1, 0.15) is 16.6 Å². The van der Waals surface area contributed by atoms with Crippen LogP contribution in [0.4, 0.5) is 0 Å². The average molecular weight is 342 g/mol. The highest BCUT2D eigenvalue weighted by molar-refractivity contribution is 7.13. The van der Waals surface area contributed by atoms with Gasteiger partial charge >= 0.3 is 0 Å². The predicted octanol–water partition coefficient (Wildman–Crippen LogP) is 2.40. The summed E-state index contributed by atoms with van der Waals surface area (Å²) in [6.45, 7) is 6.13. The summed E-state index contributed by atoms with van der Waals surface area (Å²) in [6, 6.07) is 9.23. The lowest BCUT2D eigenvalue weighted by Crippen LogP contribution is -2.34. The van der Waals surface area contributed by atoms with E-state index in [4.69, 9.17) is 0 Å². The molecule has 24 heavy (non-hydrogen) atoms. The van der Waals surface area contributed by atoms with Crippen molar-refractivity contribution in [1.29, 1.82) is 0 Å². The first-order chi connectivity index (χ1) is 11.4. The van der Waals surface area contributed by atoms with Crippen molar-refractivity contribution in [3.63, 3.8) is 0 Å². The Morgan fingerprint density at radius 1 is 1.25 bits per heavy atom. The van der Waals surface area contributed by atoms with Gasteiger partial charge in [0.15, 0.2) is 0 Å². The molecule has 0 spiro atoms. The Morgan fingerprint density at radius 2 is 1.96 bits per heavy atom. The van der Waals surface area contributed by atoms with Gasteiger partial charge in [0.05, 0.1) is 11.2 Å². The lowest BCUT2D eigenvalue weighted by Gasteiger charge is -2.13. The first-order valence-corrected chi connectivity index (χ1v) is 8.38. The van der Waals surface area contributed by atoms with E-state index in [1.54, 1.807) is 6.20 Å². The molecule has 1 aliphatic rings. The Kier molecular flexibility index (Phi) is 4.19. The third kappa shape index (κ3) is 3.21. The summed E-state index contributed by atoms with van der Waals surface area (Å²) in [5, 5.41) is 7.59. The molecule has 1 aromatic carbocycles. The number of rotatable bonds is 2. The van der Waals surface area contributed by atoms with Gasteiger partial charge in [-0.05, 0) is 5.56 Å². The van der Waals surface area contributed by atoms with Crippen molar-refractivity contribution in [1.82, 2.24) is 15.7 Å². The summed E-state index contributed by atoms with van der Waals surface area (Å²) in [4.78, 5) is 29.3. The molecule has 0 radical (unpaired) electrons. The number of hydrazone groups is 1. The fourth-order valence-electron chi connectivity index (χ4n) is 2.33. The number of benzene rings is 1. The minimum absolute atomic E-state index is 0.113. The van der Waals surface area contributed by atoms with Crippen molar-refractivity contribution in [2.45, 2.75) is 32.1 Å². The van der Waals surface area contributed by atoms with Gasteiger partial charge < -0.3 is 5.32 Å². The van der Waals surface area contributed by atoms with Gasteiger partial charge in [-0.2, -0.15) is 5.10 Å². The summed E-state index contributed by atoms with van der Waals surface area (Å²) in [6.07, 6.45) is 1.56. The Labute approximate surface area is 144 Å². The number of hydrogen-bond donors (Lipinski definition) is 2. The van der Waals surface area contributed by atoms with Crippen LogP contribution in [-0.4, -0.2) is 22.6 Å². The lowest BCUT2D eigenvalue weighted by molar-refractivity contribution is -0.120. The molecule has 1 aliphatic heterocycles. The number of hydrogen-bond acceptors (Lipinski definition) is 5. The molecule has 2 amide bonds. The van der Waals surface area contributed by atoms with Crippen LogP contribution < -0.4 is 10.7 Å².